The van der Waals surface area contributed by atoms with Gasteiger partial charge in [-0.1, -0.05) is 63.6 Å². The first kappa shape index (κ1) is 14.2. The highest BCUT2D eigenvalue weighted by Gasteiger charge is 2.15. The van der Waals surface area contributed by atoms with Crippen LogP contribution in [0.1, 0.15) is 48.0 Å². The number of allylic oxidation sites excluding steroid dienone is 5. The van der Waals surface area contributed by atoms with Crippen LogP contribution < -0.4 is 0 Å². The molecule has 86 valence electrons. The van der Waals surface area contributed by atoms with Gasteiger partial charge in [-0.05, 0) is 31.6 Å². The minimum absolute atomic E-state index is 0.408. The molecule has 0 bridgehead atoms. The van der Waals surface area contributed by atoms with Crippen LogP contribution in [-0.2, 0) is 0 Å². The maximum atomic E-state index is 3.75. The second kappa shape index (κ2) is 5.95. The lowest BCUT2D eigenvalue weighted by atomic mass is 9.82. The predicted octanol–water partition coefficient (Wildman–Crippen LogP) is 5.14. The Bertz CT molecular complexity index is 258. The van der Waals surface area contributed by atoms with Crippen molar-refractivity contribution in [2.75, 3.05) is 0 Å². The molecule has 0 spiro atoms. The molecule has 0 heteroatoms. The predicted molar refractivity (Wildman–Crippen MR) is 70.9 cm³/mol. The van der Waals surface area contributed by atoms with Crippen LogP contribution in [-0.4, -0.2) is 0 Å². The van der Waals surface area contributed by atoms with Gasteiger partial charge in [0.1, 0.15) is 0 Å². The van der Waals surface area contributed by atoms with Gasteiger partial charge in [-0.15, -0.1) is 0 Å². The summed E-state index contributed by atoms with van der Waals surface area (Å²) in [5.41, 5.74) is 3.08. The zero-order chi connectivity index (χ0) is 12.1. The highest BCUT2D eigenvalue weighted by atomic mass is 14.2. The maximum absolute atomic E-state index is 3.75. The molecule has 0 aromatic carbocycles. The number of rotatable bonds is 4. The van der Waals surface area contributed by atoms with Crippen LogP contribution in [0.5, 0.6) is 0 Å². The molecule has 0 fully saturated rings. The molecule has 1 unspecified atom stereocenters. The van der Waals surface area contributed by atoms with Crippen LogP contribution in [0, 0.1) is 11.3 Å². The number of hydrogen-bond donors (Lipinski definition) is 0. The van der Waals surface area contributed by atoms with E-state index in [0.29, 0.717) is 11.3 Å². The second-order valence-corrected chi connectivity index (χ2v) is 5.69. The standard InChI is InChI=1S/C15H26/c1-8-12(2)9-10-13(3)14(4)11-15(5,6)7/h8-10,14H,1,11H2,2-7H3. The lowest BCUT2D eigenvalue weighted by molar-refractivity contribution is 0.329. The normalized spacial score (nSPS) is 16.4. The lowest BCUT2D eigenvalue weighted by Crippen LogP contribution is -2.11. The monoisotopic (exact) mass is 206 g/mol. The Labute approximate surface area is 95.8 Å². The van der Waals surface area contributed by atoms with Crippen molar-refractivity contribution in [2.45, 2.75) is 48.0 Å². The van der Waals surface area contributed by atoms with E-state index in [4.69, 9.17) is 0 Å². The smallest absolute Gasteiger partial charge is 0.0226 e. The largest absolute Gasteiger partial charge is 0.0988 e. The fourth-order valence-corrected chi connectivity index (χ4v) is 1.57. The molecular formula is C15H26. The second-order valence-electron chi connectivity index (χ2n) is 5.69. The first-order valence-corrected chi connectivity index (χ1v) is 5.74. The molecule has 15 heavy (non-hydrogen) atoms. The Morgan fingerprint density at radius 1 is 1.20 bits per heavy atom. The molecule has 1 atom stereocenters. The van der Waals surface area contributed by atoms with E-state index in [0.717, 1.165) is 0 Å². The highest BCUT2D eigenvalue weighted by molar-refractivity contribution is 5.22. The molecule has 0 nitrogen and oxygen atoms in total. The van der Waals surface area contributed by atoms with E-state index in [9.17, 15) is 0 Å². The molecule has 0 aliphatic carbocycles. The van der Waals surface area contributed by atoms with Crippen LogP contribution in [0.15, 0.2) is 36.0 Å². The van der Waals surface area contributed by atoms with Crippen LogP contribution in [0.2, 0.25) is 0 Å². The van der Waals surface area contributed by atoms with Crippen LogP contribution >= 0.6 is 0 Å². The Hall–Kier alpha value is -0.780. The zero-order valence-electron chi connectivity index (χ0n) is 11.2. The van der Waals surface area contributed by atoms with Crippen molar-refractivity contribution in [3.05, 3.63) is 36.0 Å². The summed E-state index contributed by atoms with van der Waals surface area (Å²) in [5.74, 6) is 0.652. The average molecular weight is 206 g/mol. The summed E-state index contributed by atoms with van der Waals surface area (Å²) in [5, 5.41) is 0. The summed E-state index contributed by atoms with van der Waals surface area (Å²) < 4.78 is 0. The van der Waals surface area contributed by atoms with Crippen molar-refractivity contribution < 1.29 is 0 Å². The van der Waals surface area contributed by atoms with Crippen LogP contribution in [0.25, 0.3) is 0 Å². The Morgan fingerprint density at radius 3 is 2.13 bits per heavy atom. The third-order valence-corrected chi connectivity index (χ3v) is 2.63. The summed E-state index contributed by atoms with van der Waals surface area (Å²) in [4.78, 5) is 0. The topological polar surface area (TPSA) is 0 Å². The molecule has 0 radical (unpaired) electrons. The van der Waals surface area contributed by atoms with Crippen molar-refractivity contribution in [2.24, 2.45) is 11.3 Å². The maximum Gasteiger partial charge on any atom is -0.0226 e. The summed E-state index contributed by atoms with van der Waals surface area (Å²) >= 11 is 0. The minimum atomic E-state index is 0.408. The van der Waals surface area contributed by atoms with Gasteiger partial charge in [0.25, 0.3) is 0 Å². The van der Waals surface area contributed by atoms with E-state index in [1.807, 2.05) is 6.08 Å². The molecular weight excluding hydrogens is 180 g/mol. The Morgan fingerprint density at radius 2 is 1.73 bits per heavy atom. The van der Waals surface area contributed by atoms with E-state index in [2.05, 4.69) is 60.3 Å². The molecule has 0 N–H and O–H groups in total. The van der Waals surface area contributed by atoms with Crippen LogP contribution in [0.3, 0.4) is 0 Å². The molecule has 0 aliphatic heterocycles. The van der Waals surface area contributed by atoms with Crippen molar-refractivity contribution in [3.8, 4) is 0 Å². The fraction of sp³-hybridized carbons (Fsp3) is 0.600. The van der Waals surface area contributed by atoms with Crippen molar-refractivity contribution in [1.29, 1.82) is 0 Å². The Kier molecular flexibility index (Phi) is 5.64. The van der Waals surface area contributed by atoms with Gasteiger partial charge >= 0.3 is 0 Å². The van der Waals surface area contributed by atoms with E-state index in [1.54, 1.807) is 0 Å². The molecule has 0 saturated heterocycles. The minimum Gasteiger partial charge on any atom is -0.0988 e. The lowest BCUT2D eigenvalue weighted by Gasteiger charge is -2.23. The molecule has 0 amide bonds. The fourth-order valence-electron chi connectivity index (χ4n) is 1.57. The molecule has 0 rings (SSSR count). The first-order valence-electron chi connectivity index (χ1n) is 5.74. The van der Waals surface area contributed by atoms with E-state index < -0.39 is 0 Å². The molecule has 0 saturated carbocycles. The zero-order valence-corrected chi connectivity index (χ0v) is 11.2. The van der Waals surface area contributed by atoms with Gasteiger partial charge in [0.15, 0.2) is 0 Å². The van der Waals surface area contributed by atoms with Gasteiger partial charge in [-0.2, -0.15) is 0 Å². The van der Waals surface area contributed by atoms with Gasteiger partial charge in [-0.3, -0.25) is 0 Å². The van der Waals surface area contributed by atoms with Crippen molar-refractivity contribution >= 4 is 0 Å². The van der Waals surface area contributed by atoms with E-state index >= 15 is 0 Å². The summed E-state index contributed by atoms with van der Waals surface area (Å²) in [6, 6.07) is 0. The third-order valence-electron chi connectivity index (χ3n) is 2.63. The van der Waals surface area contributed by atoms with Crippen molar-refractivity contribution in [3.63, 3.8) is 0 Å². The van der Waals surface area contributed by atoms with Gasteiger partial charge in [0.05, 0.1) is 0 Å². The average Bonchev–Trinajstić information content (AvgIpc) is 2.10. The Balaban J connectivity index is 4.44. The van der Waals surface area contributed by atoms with Gasteiger partial charge in [0.2, 0.25) is 0 Å². The van der Waals surface area contributed by atoms with Crippen LogP contribution in [0.4, 0.5) is 0 Å². The summed E-state index contributed by atoms with van der Waals surface area (Å²) in [6.45, 7) is 17.2. The van der Waals surface area contributed by atoms with E-state index in [-0.39, 0.29) is 0 Å². The summed E-state index contributed by atoms with van der Waals surface area (Å²) in [6.07, 6.45) is 7.48. The first-order chi connectivity index (χ1) is 6.76. The SMILES string of the molecule is C=CC(C)=CC=C(C)C(C)CC(C)(C)C. The highest BCUT2D eigenvalue weighted by Crippen LogP contribution is 2.28. The third kappa shape index (κ3) is 7.18. The quantitative estimate of drug-likeness (QED) is 0.559. The van der Waals surface area contributed by atoms with Gasteiger partial charge in [-0.25, -0.2) is 0 Å². The molecule has 0 aromatic rings. The molecule has 0 heterocycles. The van der Waals surface area contributed by atoms with Crippen molar-refractivity contribution in [1.82, 2.24) is 0 Å². The van der Waals surface area contributed by atoms with Gasteiger partial charge < -0.3 is 0 Å². The summed E-state index contributed by atoms with van der Waals surface area (Å²) in [7, 11) is 0. The number of hydrogen-bond acceptors (Lipinski definition) is 0. The van der Waals surface area contributed by atoms with E-state index in [1.165, 1.54) is 17.6 Å². The molecule has 0 aromatic heterocycles. The molecule has 0 aliphatic rings. The van der Waals surface area contributed by atoms with Gasteiger partial charge in [0, 0.05) is 0 Å².